The van der Waals surface area contributed by atoms with Gasteiger partial charge in [-0.25, -0.2) is 4.68 Å². The third-order valence-electron chi connectivity index (χ3n) is 3.36. The molecule has 90 valence electrons. The highest BCUT2D eigenvalue weighted by Gasteiger charge is 2.19. The maximum Gasteiger partial charge on any atom is 0.262 e. The van der Waals surface area contributed by atoms with Gasteiger partial charge in [-0.15, -0.1) is 0 Å². The molecular weight excluding hydrogens is 240 g/mol. The van der Waals surface area contributed by atoms with Crippen molar-refractivity contribution in [3.8, 4) is 0 Å². The van der Waals surface area contributed by atoms with Crippen molar-refractivity contribution in [3.05, 3.63) is 21.8 Å². The second kappa shape index (κ2) is 4.14. The van der Waals surface area contributed by atoms with Crippen molar-refractivity contribution in [2.75, 3.05) is 0 Å². The summed E-state index contributed by atoms with van der Waals surface area (Å²) in [6.07, 6.45) is 7.48. The highest BCUT2D eigenvalue weighted by Crippen LogP contribution is 2.29. The van der Waals surface area contributed by atoms with E-state index in [1.807, 2.05) is 4.68 Å². The molecule has 0 atom stereocenters. The highest BCUT2D eigenvalue weighted by atomic mass is 35.5. The Hall–Kier alpha value is -1.36. The molecule has 2 heterocycles. The Bertz CT molecular complexity index is 597. The van der Waals surface area contributed by atoms with Gasteiger partial charge in [0.2, 0.25) is 5.28 Å². The first-order valence-electron chi connectivity index (χ1n) is 5.89. The fraction of sp³-hybridized carbons (Fsp3) is 0.545. The van der Waals surface area contributed by atoms with E-state index in [0.29, 0.717) is 17.1 Å². The van der Waals surface area contributed by atoms with Gasteiger partial charge in [0, 0.05) is 0 Å². The third-order valence-corrected chi connectivity index (χ3v) is 3.53. The van der Waals surface area contributed by atoms with Crippen molar-refractivity contribution in [2.45, 2.75) is 38.1 Å². The van der Waals surface area contributed by atoms with Gasteiger partial charge in [-0.1, -0.05) is 19.3 Å². The zero-order valence-electron chi connectivity index (χ0n) is 9.32. The first kappa shape index (κ1) is 10.8. The Kier molecular flexibility index (Phi) is 2.63. The molecule has 0 saturated heterocycles. The molecular formula is C11H13ClN4O. The Morgan fingerprint density at radius 2 is 2.12 bits per heavy atom. The summed E-state index contributed by atoms with van der Waals surface area (Å²) in [5.41, 5.74) is 0.382. The van der Waals surface area contributed by atoms with Crippen LogP contribution in [0.4, 0.5) is 0 Å². The van der Waals surface area contributed by atoms with Crippen LogP contribution in [-0.4, -0.2) is 19.7 Å². The van der Waals surface area contributed by atoms with Crippen molar-refractivity contribution in [1.82, 2.24) is 19.7 Å². The minimum absolute atomic E-state index is 0.125. The fourth-order valence-electron chi connectivity index (χ4n) is 2.50. The average molecular weight is 253 g/mol. The van der Waals surface area contributed by atoms with Crippen LogP contribution in [0.15, 0.2) is 11.0 Å². The quantitative estimate of drug-likeness (QED) is 0.792. The second-order valence-corrected chi connectivity index (χ2v) is 4.83. The lowest BCUT2D eigenvalue weighted by atomic mass is 9.96. The molecule has 1 fully saturated rings. The molecule has 0 spiro atoms. The number of hydrogen-bond acceptors (Lipinski definition) is 3. The summed E-state index contributed by atoms with van der Waals surface area (Å²) < 4.78 is 1.86. The summed E-state index contributed by atoms with van der Waals surface area (Å²) >= 11 is 5.78. The minimum Gasteiger partial charge on any atom is -0.296 e. The molecule has 1 aliphatic rings. The van der Waals surface area contributed by atoms with E-state index in [4.69, 9.17) is 11.6 Å². The van der Waals surface area contributed by atoms with Crippen LogP contribution in [0.25, 0.3) is 11.0 Å². The van der Waals surface area contributed by atoms with Crippen molar-refractivity contribution in [1.29, 1.82) is 0 Å². The molecule has 0 amide bonds. The molecule has 5 nitrogen and oxygen atoms in total. The van der Waals surface area contributed by atoms with Crippen LogP contribution in [0.2, 0.25) is 5.28 Å². The van der Waals surface area contributed by atoms with Crippen molar-refractivity contribution in [2.24, 2.45) is 0 Å². The summed E-state index contributed by atoms with van der Waals surface area (Å²) in [5.74, 6) is 0. The smallest absolute Gasteiger partial charge is 0.262 e. The molecule has 0 unspecified atom stereocenters. The zero-order chi connectivity index (χ0) is 11.8. The molecule has 0 bridgehead atoms. The number of halogens is 1. The molecule has 0 aliphatic heterocycles. The molecule has 0 aromatic carbocycles. The normalized spacial score (nSPS) is 17.7. The van der Waals surface area contributed by atoms with Gasteiger partial charge in [-0.05, 0) is 24.4 Å². The maximum absolute atomic E-state index is 11.7. The van der Waals surface area contributed by atoms with Crippen LogP contribution in [0, 0.1) is 0 Å². The summed E-state index contributed by atoms with van der Waals surface area (Å²) in [4.78, 5) is 18.3. The van der Waals surface area contributed by atoms with E-state index in [1.54, 1.807) is 6.20 Å². The predicted molar refractivity (Wildman–Crippen MR) is 65.3 cm³/mol. The molecule has 0 radical (unpaired) electrons. The molecule has 2 aromatic heterocycles. The van der Waals surface area contributed by atoms with Crippen LogP contribution >= 0.6 is 11.6 Å². The number of hydrogen-bond donors (Lipinski definition) is 1. The van der Waals surface area contributed by atoms with Gasteiger partial charge in [0.1, 0.15) is 5.39 Å². The maximum atomic E-state index is 11.7. The average Bonchev–Trinajstić information content (AvgIpc) is 2.74. The monoisotopic (exact) mass is 252 g/mol. The van der Waals surface area contributed by atoms with Gasteiger partial charge in [0.25, 0.3) is 5.56 Å². The predicted octanol–water partition coefficient (Wildman–Crippen LogP) is 2.28. The summed E-state index contributed by atoms with van der Waals surface area (Å²) in [6, 6.07) is 0.353. The Morgan fingerprint density at radius 1 is 1.35 bits per heavy atom. The number of H-pyrrole nitrogens is 1. The fourth-order valence-corrected chi connectivity index (χ4v) is 2.67. The zero-order valence-corrected chi connectivity index (χ0v) is 10.1. The third kappa shape index (κ3) is 1.84. The molecule has 1 aliphatic carbocycles. The summed E-state index contributed by atoms with van der Waals surface area (Å²) in [7, 11) is 0. The number of nitrogens with zero attached hydrogens (tertiary/aromatic N) is 3. The van der Waals surface area contributed by atoms with Crippen molar-refractivity contribution >= 4 is 22.6 Å². The largest absolute Gasteiger partial charge is 0.296 e. The summed E-state index contributed by atoms with van der Waals surface area (Å²) in [6.45, 7) is 0. The second-order valence-electron chi connectivity index (χ2n) is 4.47. The van der Waals surface area contributed by atoms with Gasteiger partial charge in [-0.2, -0.15) is 10.1 Å². The van der Waals surface area contributed by atoms with E-state index < -0.39 is 0 Å². The van der Waals surface area contributed by atoms with Crippen molar-refractivity contribution < 1.29 is 0 Å². The van der Waals surface area contributed by atoms with Crippen LogP contribution < -0.4 is 5.56 Å². The number of aromatic nitrogens is 4. The first-order valence-corrected chi connectivity index (χ1v) is 6.26. The number of rotatable bonds is 1. The van der Waals surface area contributed by atoms with E-state index in [0.717, 1.165) is 12.8 Å². The molecule has 3 rings (SSSR count). The lowest BCUT2D eigenvalue weighted by molar-refractivity contribution is 0.336. The number of nitrogens with one attached hydrogen (secondary N) is 1. The lowest BCUT2D eigenvalue weighted by Crippen LogP contribution is -2.15. The van der Waals surface area contributed by atoms with Gasteiger partial charge < -0.3 is 0 Å². The standard InChI is InChI=1S/C11H13ClN4O/c12-11-14-9-8(10(17)15-11)6-13-16(9)7-4-2-1-3-5-7/h6-7H,1-5H2,(H,14,15,17). The van der Waals surface area contributed by atoms with Crippen LogP contribution in [0.3, 0.4) is 0 Å². The van der Waals surface area contributed by atoms with Crippen LogP contribution in [0.1, 0.15) is 38.1 Å². The summed E-state index contributed by atoms with van der Waals surface area (Å²) in [5, 5.41) is 4.94. The van der Waals surface area contributed by atoms with Crippen molar-refractivity contribution in [3.63, 3.8) is 0 Å². The Labute approximate surface area is 103 Å². The molecule has 17 heavy (non-hydrogen) atoms. The van der Waals surface area contributed by atoms with Crippen LogP contribution in [0.5, 0.6) is 0 Å². The van der Waals surface area contributed by atoms with E-state index in [9.17, 15) is 4.79 Å². The topological polar surface area (TPSA) is 63.6 Å². The SMILES string of the molecule is O=c1[nH]c(Cl)nc2c1cnn2C1CCCCC1. The highest BCUT2D eigenvalue weighted by molar-refractivity contribution is 6.28. The van der Waals surface area contributed by atoms with Gasteiger partial charge >= 0.3 is 0 Å². The van der Waals surface area contributed by atoms with E-state index in [1.165, 1.54) is 19.3 Å². The Morgan fingerprint density at radius 3 is 2.88 bits per heavy atom. The number of aromatic amines is 1. The van der Waals surface area contributed by atoms with E-state index in [2.05, 4.69) is 15.1 Å². The molecule has 1 saturated carbocycles. The van der Waals surface area contributed by atoms with Gasteiger partial charge in [0.05, 0.1) is 12.2 Å². The first-order chi connectivity index (χ1) is 8.25. The van der Waals surface area contributed by atoms with Crippen LogP contribution in [-0.2, 0) is 0 Å². The minimum atomic E-state index is -0.220. The van der Waals surface area contributed by atoms with E-state index in [-0.39, 0.29) is 10.8 Å². The Balaban J connectivity index is 2.13. The molecule has 1 N–H and O–H groups in total. The molecule has 6 heteroatoms. The molecule has 2 aromatic rings. The number of fused-ring (bicyclic) bond motifs is 1. The van der Waals surface area contributed by atoms with E-state index >= 15 is 0 Å². The lowest BCUT2D eigenvalue weighted by Gasteiger charge is -2.22. The van der Waals surface area contributed by atoms with Gasteiger partial charge in [-0.3, -0.25) is 9.78 Å². The van der Waals surface area contributed by atoms with Gasteiger partial charge in [0.15, 0.2) is 5.65 Å².